The van der Waals surface area contributed by atoms with Gasteiger partial charge in [0.2, 0.25) is 0 Å². The molecule has 2 aromatic rings. The molecule has 0 amide bonds. The van der Waals surface area contributed by atoms with Crippen LogP contribution in [0.4, 0.5) is 0 Å². The third-order valence-corrected chi connectivity index (χ3v) is 3.17. The van der Waals surface area contributed by atoms with Gasteiger partial charge in [-0.1, -0.05) is 6.92 Å². The Labute approximate surface area is 107 Å². The Bertz CT molecular complexity index is 576. The van der Waals surface area contributed by atoms with E-state index in [0.29, 0.717) is 13.1 Å². The van der Waals surface area contributed by atoms with E-state index >= 15 is 0 Å². The Morgan fingerprint density at radius 2 is 1.83 bits per heavy atom. The van der Waals surface area contributed by atoms with Crippen LogP contribution in [0.15, 0.2) is 23.3 Å². The summed E-state index contributed by atoms with van der Waals surface area (Å²) in [6, 6.07) is 2.08. The number of hydrogen-bond donors (Lipinski definition) is 0. The first-order valence-electron chi connectivity index (χ1n) is 6.50. The standard InChI is InChI=1S/C13H20N4O/c1-4-11-9-12(17(6-3)14-11)10-16-8-7-15(5-2)13(16)18/h7-9H,4-6,10H2,1-3H3. The third kappa shape index (κ3) is 2.25. The summed E-state index contributed by atoms with van der Waals surface area (Å²) in [4.78, 5) is 12.0. The Hall–Kier alpha value is -1.78. The van der Waals surface area contributed by atoms with E-state index in [4.69, 9.17) is 0 Å². The second-order valence-electron chi connectivity index (χ2n) is 4.29. The first kappa shape index (κ1) is 12.7. The fourth-order valence-electron chi connectivity index (χ4n) is 2.08. The topological polar surface area (TPSA) is 44.8 Å². The van der Waals surface area contributed by atoms with Crippen LogP contribution in [0.1, 0.15) is 32.2 Å². The molecule has 0 bridgehead atoms. The molecular weight excluding hydrogens is 228 g/mol. The lowest BCUT2D eigenvalue weighted by atomic mass is 10.3. The van der Waals surface area contributed by atoms with Crippen molar-refractivity contribution in [1.29, 1.82) is 0 Å². The van der Waals surface area contributed by atoms with Crippen molar-refractivity contribution in [1.82, 2.24) is 18.9 Å². The summed E-state index contributed by atoms with van der Waals surface area (Å²) < 4.78 is 5.40. The van der Waals surface area contributed by atoms with E-state index in [1.54, 1.807) is 9.13 Å². The average molecular weight is 248 g/mol. The summed E-state index contributed by atoms with van der Waals surface area (Å²) in [7, 11) is 0. The Morgan fingerprint density at radius 3 is 2.39 bits per heavy atom. The lowest BCUT2D eigenvalue weighted by molar-refractivity contribution is 0.582. The first-order valence-corrected chi connectivity index (χ1v) is 6.50. The largest absolute Gasteiger partial charge is 0.328 e. The molecule has 18 heavy (non-hydrogen) atoms. The lowest BCUT2D eigenvalue weighted by Gasteiger charge is -2.04. The van der Waals surface area contributed by atoms with Crippen LogP contribution in [-0.4, -0.2) is 18.9 Å². The fourth-order valence-corrected chi connectivity index (χ4v) is 2.08. The summed E-state index contributed by atoms with van der Waals surface area (Å²) in [5, 5.41) is 4.49. The van der Waals surface area contributed by atoms with Gasteiger partial charge in [-0.25, -0.2) is 4.79 Å². The molecule has 0 saturated heterocycles. The predicted molar refractivity (Wildman–Crippen MR) is 70.7 cm³/mol. The molecule has 0 aliphatic heterocycles. The van der Waals surface area contributed by atoms with Gasteiger partial charge in [0.25, 0.3) is 0 Å². The Balaban J connectivity index is 2.30. The van der Waals surface area contributed by atoms with Gasteiger partial charge in [-0.15, -0.1) is 0 Å². The van der Waals surface area contributed by atoms with Crippen LogP contribution in [-0.2, 0) is 26.1 Å². The quantitative estimate of drug-likeness (QED) is 0.805. The molecule has 0 spiro atoms. The highest BCUT2D eigenvalue weighted by Crippen LogP contribution is 2.07. The number of hydrogen-bond acceptors (Lipinski definition) is 2. The predicted octanol–water partition coefficient (Wildman–Crippen LogP) is 1.50. The smallest absolute Gasteiger partial charge is 0.300 e. The third-order valence-electron chi connectivity index (χ3n) is 3.17. The van der Waals surface area contributed by atoms with Gasteiger partial charge in [-0.2, -0.15) is 5.10 Å². The molecule has 0 unspecified atom stereocenters. The maximum atomic E-state index is 12.0. The second-order valence-corrected chi connectivity index (χ2v) is 4.29. The molecule has 0 aliphatic carbocycles. The molecule has 0 aliphatic rings. The Morgan fingerprint density at radius 1 is 1.11 bits per heavy atom. The van der Waals surface area contributed by atoms with E-state index in [1.807, 2.05) is 24.0 Å². The van der Waals surface area contributed by atoms with Crippen LogP contribution in [0.3, 0.4) is 0 Å². The molecule has 0 N–H and O–H groups in total. The molecule has 0 aromatic carbocycles. The molecule has 5 nitrogen and oxygen atoms in total. The van der Waals surface area contributed by atoms with Gasteiger partial charge in [0.15, 0.2) is 0 Å². The van der Waals surface area contributed by atoms with Gasteiger partial charge < -0.3 is 0 Å². The van der Waals surface area contributed by atoms with Gasteiger partial charge in [0.05, 0.1) is 17.9 Å². The van der Waals surface area contributed by atoms with Crippen molar-refractivity contribution in [2.75, 3.05) is 0 Å². The van der Waals surface area contributed by atoms with Crippen LogP contribution in [0.25, 0.3) is 0 Å². The molecule has 0 saturated carbocycles. The van der Waals surface area contributed by atoms with Crippen molar-refractivity contribution in [3.8, 4) is 0 Å². The number of imidazole rings is 1. The normalized spacial score (nSPS) is 11.1. The SMILES string of the molecule is CCc1cc(Cn2ccn(CC)c2=O)n(CC)n1. The maximum absolute atomic E-state index is 12.0. The van der Waals surface area contributed by atoms with E-state index < -0.39 is 0 Å². The average Bonchev–Trinajstić information content (AvgIpc) is 2.94. The molecule has 0 radical (unpaired) electrons. The van der Waals surface area contributed by atoms with Gasteiger partial charge >= 0.3 is 5.69 Å². The monoisotopic (exact) mass is 248 g/mol. The zero-order valence-corrected chi connectivity index (χ0v) is 11.3. The van der Waals surface area contributed by atoms with Crippen LogP contribution in [0.2, 0.25) is 0 Å². The summed E-state index contributed by atoms with van der Waals surface area (Å²) in [5.74, 6) is 0. The number of nitrogens with zero attached hydrogens (tertiary/aromatic N) is 4. The highest BCUT2D eigenvalue weighted by Gasteiger charge is 2.08. The zero-order chi connectivity index (χ0) is 13.1. The molecule has 5 heteroatoms. The van der Waals surface area contributed by atoms with Gasteiger partial charge in [-0.05, 0) is 26.3 Å². The molecule has 2 aromatic heterocycles. The second kappa shape index (κ2) is 5.25. The maximum Gasteiger partial charge on any atom is 0.328 e. The fraction of sp³-hybridized carbons (Fsp3) is 0.538. The highest BCUT2D eigenvalue weighted by molar-refractivity contribution is 5.11. The van der Waals surface area contributed by atoms with Gasteiger partial charge in [0, 0.05) is 25.5 Å². The van der Waals surface area contributed by atoms with E-state index in [1.165, 1.54) is 0 Å². The van der Waals surface area contributed by atoms with Crippen molar-refractivity contribution >= 4 is 0 Å². The number of rotatable bonds is 5. The summed E-state index contributed by atoms with van der Waals surface area (Å²) >= 11 is 0. The Kier molecular flexibility index (Phi) is 3.69. The van der Waals surface area contributed by atoms with Crippen molar-refractivity contribution in [3.63, 3.8) is 0 Å². The first-order chi connectivity index (χ1) is 8.69. The van der Waals surface area contributed by atoms with Gasteiger partial charge in [-0.3, -0.25) is 13.8 Å². The van der Waals surface area contributed by atoms with Gasteiger partial charge in [0.1, 0.15) is 0 Å². The van der Waals surface area contributed by atoms with E-state index in [-0.39, 0.29) is 5.69 Å². The van der Waals surface area contributed by atoms with Crippen LogP contribution >= 0.6 is 0 Å². The molecule has 0 fully saturated rings. The minimum absolute atomic E-state index is 0.0411. The molecule has 98 valence electrons. The van der Waals surface area contributed by atoms with Crippen molar-refractivity contribution < 1.29 is 0 Å². The van der Waals surface area contributed by atoms with Crippen LogP contribution in [0.5, 0.6) is 0 Å². The molecular formula is C13H20N4O. The summed E-state index contributed by atoms with van der Waals surface area (Å²) in [5.41, 5.74) is 2.21. The minimum atomic E-state index is 0.0411. The minimum Gasteiger partial charge on any atom is -0.300 e. The highest BCUT2D eigenvalue weighted by atomic mass is 16.1. The summed E-state index contributed by atoms with van der Waals surface area (Å²) in [6.07, 6.45) is 4.59. The van der Waals surface area contributed by atoms with E-state index in [2.05, 4.69) is 25.0 Å². The zero-order valence-electron chi connectivity index (χ0n) is 11.3. The molecule has 0 atom stereocenters. The van der Waals surface area contributed by atoms with Crippen LogP contribution < -0.4 is 5.69 Å². The number of aryl methyl sites for hydroxylation is 3. The van der Waals surface area contributed by atoms with E-state index in [9.17, 15) is 4.79 Å². The number of aromatic nitrogens is 4. The van der Waals surface area contributed by atoms with Crippen molar-refractivity contribution in [2.45, 2.75) is 46.8 Å². The van der Waals surface area contributed by atoms with Crippen molar-refractivity contribution in [3.05, 3.63) is 40.3 Å². The van der Waals surface area contributed by atoms with E-state index in [0.717, 1.165) is 24.4 Å². The lowest BCUT2D eigenvalue weighted by Crippen LogP contribution is -2.24. The molecule has 2 rings (SSSR count). The summed E-state index contributed by atoms with van der Waals surface area (Å²) in [6.45, 7) is 8.25. The van der Waals surface area contributed by atoms with Crippen molar-refractivity contribution in [2.24, 2.45) is 0 Å². The molecule has 2 heterocycles. The van der Waals surface area contributed by atoms with Crippen LogP contribution in [0, 0.1) is 0 Å².